The summed E-state index contributed by atoms with van der Waals surface area (Å²) >= 11 is 6.03. The zero-order valence-corrected chi connectivity index (χ0v) is 13.8. The van der Waals surface area contributed by atoms with Crippen molar-refractivity contribution in [3.63, 3.8) is 0 Å². The second kappa shape index (κ2) is 7.68. The Kier molecular flexibility index (Phi) is 5.16. The number of halogens is 1. The highest BCUT2D eigenvalue weighted by atomic mass is 35.5. The highest BCUT2D eigenvalue weighted by Gasteiger charge is 2.11. The summed E-state index contributed by atoms with van der Waals surface area (Å²) in [5.74, 6) is -0.619. The number of hydrogen-bond acceptors (Lipinski definition) is 4. The summed E-state index contributed by atoms with van der Waals surface area (Å²) < 4.78 is 10.3. The van der Waals surface area contributed by atoms with E-state index in [1.165, 1.54) is 6.26 Å². The fourth-order valence-electron chi connectivity index (χ4n) is 2.13. The summed E-state index contributed by atoms with van der Waals surface area (Å²) in [6.45, 7) is 0.0927. The number of esters is 1. The van der Waals surface area contributed by atoms with Crippen molar-refractivity contribution in [1.82, 2.24) is 0 Å². The van der Waals surface area contributed by atoms with Crippen molar-refractivity contribution in [3.8, 4) is 0 Å². The van der Waals surface area contributed by atoms with E-state index >= 15 is 0 Å². The number of rotatable bonds is 5. The summed E-state index contributed by atoms with van der Waals surface area (Å²) in [5, 5.41) is 3.22. The topological polar surface area (TPSA) is 68.5 Å². The molecular weight excluding hydrogens is 342 g/mol. The molecule has 126 valence electrons. The average Bonchev–Trinajstić information content (AvgIpc) is 3.16. The zero-order valence-electron chi connectivity index (χ0n) is 13.1. The largest absolute Gasteiger partial charge is 0.459 e. The summed E-state index contributed by atoms with van der Waals surface area (Å²) in [5.41, 5.74) is 1.66. The number of anilines is 1. The minimum Gasteiger partial charge on any atom is -0.459 e. The third-order valence-electron chi connectivity index (χ3n) is 3.44. The molecule has 0 aliphatic carbocycles. The lowest BCUT2D eigenvalue weighted by Crippen LogP contribution is -2.11. The van der Waals surface area contributed by atoms with Crippen LogP contribution in [0.4, 0.5) is 5.69 Å². The summed E-state index contributed by atoms with van der Waals surface area (Å²) in [7, 11) is 0. The van der Waals surface area contributed by atoms with Crippen LogP contribution in [-0.4, -0.2) is 11.9 Å². The third kappa shape index (κ3) is 4.28. The van der Waals surface area contributed by atoms with Gasteiger partial charge >= 0.3 is 5.97 Å². The standard InChI is InChI=1S/C19H14ClNO4/c20-16-5-2-1-4-14(16)12-25-19(23)13-7-9-15(10-8-13)21-18(22)17-6-3-11-24-17/h1-11H,12H2,(H,21,22). The maximum atomic E-state index is 12.1. The summed E-state index contributed by atoms with van der Waals surface area (Å²) in [6, 6.07) is 16.8. The number of benzene rings is 2. The fourth-order valence-corrected chi connectivity index (χ4v) is 2.32. The molecule has 6 heteroatoms. The Balaban J connectivity index is 1.59. The molecule has 0 saturated heterocycles. The second-order valence-corrected chi connectivity index (χ2v) is 5.58. The Morgan fingerprint density at radius 1 is 1.00 bits per heavy atom. The van der Waals surface area contributed by atoms with Gasteiger partial charge in [0.2, 0.25) is 0 Å². The highest BCUT2D eigenvalue weighted by Crippen LogP contribution is 2.17. The van der Waals surface area contributed by atoms with Gasteiger partial charge in [-0.05, 0) is 42.5 Å². The smallest absolute Gasteiger partial charge is 0.338 e. The first-order valence-corrected chi connectivity index (χ1v) is 7.87. The number of carbonyl (C=O) groups is 2. The Labute approximate surface area is 149 Å². The maximum Gasteiger partial charge on any atom is 0.338 e. The van der Waals surface area contributed by atoms with Crippen LogP contribution in [0.2, 0.25) is 5.02 Å². The van der Waals surface area contributed by atoms with Gasteiger partial charge in [0, 0.05) is 16.3 Å². The van der Waals surface area contributed by atoms with Gasteiger partial charge in [-0.25, -0.2) is 4.79 Å². The van der Waals surface area contributed by atoms with E-state index in [4.69, 9.17) is 20.8 Å². The molecule has 0 bridgehead atoms. The Bertz CT molecular complexity index is 873. The number of ether oxygens (including phenoxy) is 1. The molecule has 0 saturated carbocycles. The van der Waals surface area contributed by atoms with Crippen molar-refractivity contribution in [2.45, 2.75) is 6.61 Å². The second-order valence-electron chi connectivity index (χ2n) is 5.18. The van der Waals surface area contributed by atoms with Crippen molar-refractivity contribution in [2.24, 2.45) is 0 Å². The van der Waals surface area contributed by atoms with Crippen LogP contribution in [0.1, 0.15) is 26.5 Å². The molecule has 25 heavy (non-hydrogen) atoms. The molecular formula is C19H14ClNO4. The van der Waals surface area contributed by atoms with E-state index in [-0.39, 0.29) is 18.3 Å². The molecule has 3 aromatic rings. The Hall–Kier alpha value is -3.05. The first-order valence-electron chi connectivity index (χ1n) is 7.49. The molecule has 1 N–H and O–H groups in total. The van der Waals surface area contributed by atoms with Gasteiger partial charge < -0.3 is 14.5 Å². The number of carbonyl (C=O) groups excluding carboxylic acids is 2. The van der Waals surface area contributed by atoms with Crippen molar-refractivity contribution < 1.29 is 18.7 Å². The lowest BCUT2D eigenvalue weighted by Gasteiger charge is -2.07. The molecule has 0 spiro atoms. The van der Waals surface area contributed by atoms with E-state index in [1.54, 1.807) is 48.5 Å². The quantitative estimate of drug-likeness (QED) is 0.682. The number of furan rings is 1. The molecule has 1 amide bonds. The van der Waals surface area contributed by atoms with Gasteiger partial charge in [-0.3, -0.25) is 4.79 Å². The van der Waals surface area contributed by atoms with Gasteiger partial charge in [-0.1, -0.05) is 29.8 Å². The average molecular weight is 356 g/mol. The van der Waals surface area contributed by atoms with Gasteiger partial charge in [0.25, 0.3) is 5.91 Å². The van der Waals surface area contributed by atoms with E-state index < -0.39 is 5.97 Å². The van der Waals surface area contributed by atoms with Crippen LogP contribution in [0.15, 0.2) is 71.3 Å². The van der Waals surface area contributed by atoms with E-state index in [0.717, 1.165) is 5.56 Å². The molecule has 2 aromatic carbocycles. The van der Waals surface area contributed by atoms with Crippen molar-refractivity contribution in [3.05, 3.63) is 88.8 Å². The van der Waals surface area contributed by atoms with Crippen LogP contribution >= 0.6 is 11.6 Å². The predicted octanol–water partition coefficient (Wildman–Crippen LogP) is 4.54. The molecule has 0 aliphatic heterocycles. The van der Waals surface area contributed by atoms with Gasteiger partial charge in [0.1, 0.15) is 6.61 Å². The summed E-state index contributed by atoms with van der Waals surface area (Å²) in [4.78, 5) is 24.0. The first kappa shape index (κ1) is 16.8. The lowest BCUT2D eigenvalue weighted by molar-refractivity contribution is 0.0473. The molecule has 0 unspecified atom stereocenters. The van der Waals surface area contributed by atoms with Crippen molar-refractivity contribution in [1.29, 1.82) is 0 Å². The fraction of sp³-hybridized carbons (Fsp3) is 0.0526. The van der Waals surface area contributed by atoms with Crippen molar-refractivity contribution >= 4 is 29.2 Å². The molecule has 3 rings (SSSR count). The number of hydrogen-bond donors (Lipinski definition) is 1. The van der Waals surface area contributed by atoms with Crippen LogP contribution < -0.4 is 5.32 Å². The molecule has 1 heterocycles. The SMILES string of the molecule is O=C(OCc1ccccc1Cl)c1ccc(NC(=O)c2ccco2)cc1. The normalized spacial score (nSPS) is 10.3. The zero-order chi connectivity index (χ0) is 17.6. The predicted molar refractivity (Wildman–Crippen MR) is 93.7 cm³/mol. The van der Waals surface area contributed by atoms with Crippen LogP contribution in [0.25, 0.3) is 0 Å². The van der Waals surface area contributed by atoms with E-state index in [0.29, 0.717) is 16.3 Å². The molecule has 1 aromatic heterocycles. The van der Waals surface area contributed by atoms with E-state index in [2.05, 4.69) is 5.32 Å². The minimum atomic E-state index is -0.469. The number of amides is 1. The highest BCUT2D eigenvalue weighted by molar-refractivity contribution is 6.31. The molecule has 5 nitrogen and oxygen atoms in total. The minimum absolute atomic E-state index is 0.0927. The Morgan fingerprint density at radius 2 is 1.76 bits per heavy atom. The van der Waals surface area contributed by atoms with Crippen LogP contribution in [0.5, 0.6) is 0 Å². The number of nitrogens with one attached hydrogen (secondary N) is 1. The van der Waals surface area contributed by atoms with E-state index in [1.807, 2.05) is 12.1 Å². The molecule has 0 radical (unpaired) electrons. The molecule has 0 aliphatic rings. The van der Waals surface area contributed by atoms with Crippen molar-refractivity contribution in [2.75, 3.05) is 5.32 Å². The van der Waals surface area contributed by atoms with Crippen LogP contribution in [0, 0.1) is 0 Å². The first-order chi connectivity index (χ1) is 12.1. The molecule has 0 fully saturated rings. The van der Waals surface area contributed by atoms with Crippen LogP contribution in [0.3, 0.4) is 0 Å². The van der Waals surface area contributed by atoms with Crippen LogP contribution in [-0.2, 0) is 11.3 Å². The van der Waals surface area contributed by atoms with Gasteiger partial charge in [-0.2, -0.15) is 0 Å². The van der Waals surface area contributed by atoms with Gasteiger partial charge in [0.15, 0.2) is 5.76 Å². The summed E-state index contributed by atoms with van der Waals surface area (Å²) in [6.07, 6.45) is 1.42. The van der Waals surface area contributed by atoms with E-state index in [9.17, 15) is 9.59 Å². The maximum absolute atomic E-state index is 12.1. The van der Waals surface area contributed by atoms with Gasteiger partial charge in [-0.15, -0.1) is 0 Å². The van der Waals surface area contributed by atoms with Gasteiger partial charge in [0.05, 0.1) is 11.8 Å². The lowest BCUT2D eigenvalue weighted by atomic mass is 10.2. The Morgan fingerprint density at radius 3 is 2.44 bits per heavy atom. The monoisotopic (exact) mass is 355 g/mol. The molecule has 0 atom stereocenters. The third-order valence-corrected chi connectivity index (χ3v) is 3.81.